The number of hydrogen-bond donors (Lipinski definition) is 2. The van der Waals surface area contributed by atoms with Gasteiger partial charge in [-0.2, -0.15) is 0 Å². The molecular formula is C22H23N3O. The fourth-order valence-corrected chi connectivity index (χ4v) is 2.64. The van der Waals surface area contributed by atoms with Gasteiger partial charge >= 0.3 is 0 Å². The number of carbonyl (C=O) groups is 1. The van der Waals surface area contributed by atoms with Gasteiger partial charge in [0.15, 0.2) is 0 Å². The minimum Gasteiger partial charge on any atom is -0.380 e. The summed E-state index contributed by atoms with van der Waals surface area (Å²) in [6.07, 6.45) is 1.69. The van der Waals surface area contributed by atoms with Crippen molar-refractivity contribution in [1.29, 1.82) is 0 Å². The van der Waals surface area contributed by atoms with Crippen LogP contribution in [0.15, 0.2) is 66.9 Å². The first-order valence-electron chi connectivity index (χ1n) is 8.69. The van der Waals surface area contributed by atoms with E-state index >= 15 is 0 Å². The summed E-state index contributed by atoms with van der Waals surface area (Å²) in [7, 11) is 0. The molecule has 0 bridgehead atoms. The smallest absolute Gasteiger partial charge is 0.270 e. The van der Waals surface area contributed by atoms with Crippen LogP contribution in [0.4, 0.5) is 5.69 Å². The van der Waals surface area contributed by atoms with Gasteiger partial charge in [0.25, 0.3) is 5.91 Å². The van der Waals surface area contributed by atoms with Crippen LogP contribution in [-0.4, -0.2) is 10.9 Å². The number of hydrogen-bond acceptors (Lipinski definition) is 3. The van der Waals surface area contributed by atoms with Crippen LogP contribution in [0.3, 0.4) is 0 Å². The number of anilines is 1. The van der Waals surface area contributed by atoms with Crippen LogP contribution in [0.5, 0.6) is 0 Å². The number of pyridine rings is 1. The van der Waals surface area contributed by atoms with Crippen LogP contribution in [-0.2, 0) is 13.1 Å². The van der Waals surface area contributed by atoms with E-state index in [4.69, 9.17) is 0 Å². The van der Waals surface area contributed by atoms with Gasteiger partial charge in [0.1, 0.15) is 5.69 Å². The number of nitrogens with one attached hydrogen (secondary N) is 2. The highest BCUT2D eigenvalue weighted by molar-refractivity contribution is 5.92. The summed E-state index contributed by atoms with van der Waals surface area (Å²) in [6.45, 7) is 5.33. The zero-order valence-electron chi connectivity index (χ0n) is 15.1. The van der Waals surface area contributed by atoms with E-state index in [9.17, 15) is 4.79 Å². The Bertz CT molecular complexity index is 871. The molecule has 1 amide bonds. The highest BCUT2D eigenvalue weighted by Gasteiger charge is 2.07. The van der Waals surface area contributed by atoms with E-state index < -0.39 is 0 Å². The molecule has 3 aromatic rings. The number of carbonyl (C=O) groups excluding carboxylic acids is 1. The standard InChI is InChI=1S/C22H23N3O/c1-16-6-8-18(9-7-16)13-23-20-10-11-21(24-15-20)22(26)25-14-19-5-3-4-17(2)12-19/h3-12,15,23H,13-14H2,1-2H3,(H,25,26). The number of rotatable bonds is 6. The highest BCUT2D eigenvalue weighted by atomic mass is 16.1. The molecule has 132 valence electrons. The molecule has 3 rings (SSSR count). The summed E-state index contributed by atoms with van der Waals surface area (Å²) in [5, 5.41) is 6.22. The van der Waals surface area contributed by atoms with Crippen molar-refractivity contribution in [2.75, 3.05) is 5.32 Å². The quantitative estimate of drug-likeness (QED) is 0.702. The van der Waals surface area contributed by atoms with Gasteiger partial charge in [0.2, 0.25) is 0 Å². The SMILES string of the molecule is Cc1ccc(CNc2ccc(C(=O)NCc3cccc(C)c3)nc2)cc1. The number of nitrogens with zero attached hydrogens (tertiary/aromatic N) is 1. The van der Waals surface area contributed by atoms with Crippen molar-refractivity contribution in [2.24, 2.45) is 0 Å². The average Bonchev–Trinajstić information content (AvgIpc) is 2.66. The van der Waals surface area contributed by atoms with Gasteiger partial charge in [0.05, 0.1) is 11.9 Å². The van der Waals surface area contributed by atoms with Crippen molar-refractivity contribution in [1.82, 2.24) is 10.3 Å². The molecule has 1 aromatic heterocycles. The van der Waals surface area contributed by atoms with Gasteiger partial charge < -0.3 is 10.6 Å². The minimum absolute atomic E-state index is 0.170. The second-order valence-corrected chi connectivity index (χ2v) is 6.44. The van der Waals surface area contributed by atoms with Gasteiger partial charge in [-0.1, -0.05) is 59.7 Å². The van der Waals surface area contributed by atoms with Crippen LogP contribution in [0.1, 0.15) is 32.7 Å². The molecule has 0 spiro atoms. The Balaban J connectivity index is 1.53. The van der Waals surface area contributed by atoms with Crippen molar-refractivity contribution >= 4 is 11.6 Å². The zero-order chi connectivity index (χ0) is 18.4. The molecule has 0 saturated heterocycles. The monoisotopic (exact) mass is 345 g/mol. The Kier molecular flexibility index (Phi) is 5.64. The summed E-state index contributed by atoms with van der Waals surface area (Å²) >= 11 is 0. The van der Waals surface area contributed by atoms with E-state index in [1.807, 2.05) is 31.2 Å². The van der Waals surface area contributed by atoms with Crippen LogP contribution in [0.2, 0.25) is 0 Å². The minimum atomic E-state index is -0.170. The third-order valence-electron chi connectivity index (χ3n) is 4.15. The molecule has 1 heterocycles. The van der Waals surface area contributed by atoms with Crippen molar-refractivity contribution in [3.63, 3.8) is 0 Å². The maximum absolute atomic E-state index is 12.2. The Morgan fingerprint density at radius 2 is 1.69 bits per heavy atom. The maximum atomic E-state index is 12.2. The molecule has 0 aliphatic rings. The molecule has 0 unspecified atom stereocenters. The summed E-state index contributed by atoms with van der Waals surface area (Å²) < 4.78 is 0. The molecule has 4 nitrogen and oxygen atoms in total. The van der Waals surface area contributed by atoms with E-state index in [2.05, 4.69) is 52.9 Å². The molecule has 0 atom stereocenters. The first-order valence-corrected chi connectivity index (χ1v) is 8.69. The molecule has 0 aliphatic heterocycles. The lowest BCUT2D eigenvalue weighted by atomic mass is 10.1. The number of aryl methyl sites for hydroxylation is 2. The van der Waals surface area contributed by atoms with E-state index in [0.29, 0.717) is 12.2 Å². The van der Waals surface area contributed by atoms with Crippen molar-refractivity contribution in [2.45, 2.75) is 26.9 Å². The largest absolute Gasteiger partial charge is 0.380 e. The van der Waals surface area contributed by atoms with Crippen LogP contribution < -0.4 is 10.6 Å². The van der Waals surface area contributed by atoms with Gasteiger partial charge in [-0.3, -0.25) is 4.79 Å². The van der Waals surface area contributed by atoms with Crippen molar-refractivity contribution < 1.29 is 4.79 Å². The van der Waals surface area contributed by atoms with Crippen LogP contribution in [0, 0.1) is 13.8 Å². The Labute approximate surface area is 154 Å². The Morgan fingerprint density at radius 3 is 2.38 bits per heavy atom. The molecule has 4 heteroatoms. The normalized spacial score (nSPS) is 10.4. The van der Waals surface area contributed by atoms with Crippen LogP contribution >= 0.6 is 0 Å². The Hall–Kier alpha value is -3.14. The predicted molar refractivity (Wildman–Crippen MR) is 105 cm³/mol. The van der Waals surface area contributed by atoms with E-state index in [0.717, 1.165) is 17.8 Å². The van der Waals surface area contributed by atoms with Crippen LogP contribution in [0.25, 0.3) is 0 Å². The molecule has 26 heavy (non-hydrogen) atoms. The molecule has 0 radical (unpaired) electrons. The summed E-state index contributed by atoms with van der Waals surface area (Å²) in [5.41, 5.74) is 6.01. The molecular weight excluding hydrogens is 322 g/mol. The van der Waals surface area contributed by atoms with E-state index in [1.165, 1.54) is 16.7 Å². The van der Waals surface area contributed by atoms with Crippen molar-refractivity contribution in [3.05, 3.63) is 94.8 Å². The number of aromatic nitrogens is 1. The molecule has 2 aromatic carbocycles. The zero-order valence-corrected chi connectivity index (χ0v) is 15.1. The summed E-state index contributed by atoms with van der Waals surface area (Å²) in [5.74, 6) is -0.170. The molecule has 2 N–H and O–H groups in total. The van der Waals surface area contributed by atoms with E-state index in [1.54, 1.807) is 12.3 Å². The summed E-state index contributed by atoms with van der Waals surface area (Å²) in [6, 6.07) is 20.1. The highest BCUT2D eigenvalue weighted by Crippen LogP contribution is 2.10. The average molecular weight is 345 g/mol. The number of amides is 1. The van der Waals surface area contributed by atoms with Crippen molar-refractivity contribution in [3.8, 4) is 0 Å². The fourth-order valence-electron chi connectivity index (χ4n) is 2.64. The predicted octanol–water partition coefficient (Wildman–Crippen LogP) is 4.24. The third kappa shape index (κ3) is 4.93. The van der Waals surface area contributed by atoms with E-state index in [-0.39, 0.29) is 5.91 Å². The molecule has 0 fully saturated rings. The molecule has 0 aliphatic carbocycles. The first kappa shape index (κ1) is 17.7. The second kappa shape index (κ2) is 8.30. The Morgan fingerprint density at radius 1 is 0.885 bits per heavy atom. The third-order valence-corrected chi connectivity index (χ3v) is 4.15. The lowest BCUT2D eigenvalue weighted by Crippen LogP contribution is -2.23. The van der Waals surface area contributed by atoms with Gasteiger partial charge in [-0.25, -0.2) is 4.98 Å². The number of benzene rings is 2. The fraction of sp³-hybridized carbons (Fsp3) is 0.182. The first-order chi connectivity index (χ1) is 12.6. The topological polar surface area (TPSA) is 54.0 Å². The molecule has 0 saturated carbocycles. The maximum Gasteiger partial charge on any atom is 0.270 e. The summed E-state index contributed by atoms with van der Waals surface area (Å²) in [4.78, 5) is 16.5. The lowest BCUT2D eigenvalue weighted by molar-refractivity contribution is 0.0946. The van der Waals surface area contributed by atoms with Gasteiger partial charge in [-0.05, 0) is 37.1 Å². The van der Waals surface area contributed by atoms with Gasteiger partial charge in [-0.15, -0.1) is 0 Å². The van der Waals surface area contributed by atoms with Gasteiger partial charge in [0, 0.05) is 13.1 Å². The second-order valence-electron chi connectivity index (χ2n) is 6.44. The lowest BCUT2D eigenvalue weighted by Gasteiger charge is -2.08.